The van der Waals surface area contributed by atoms with Crippen LogP contribution in [0.3, 0.4) is 0 Å². The minimum absolute atomic E-state index is 0.261. The van der Waals surface area contributed by atoms with Crippen LogP contribution in [0.4, 0.5) is 22.7 Å². The van der Waals surface area contributed by atoms with E-state index in [0.29, 0.717) is 16.9 Å². The second kappa shape index (κ2) is 10.8. The van der Waals surface area contributed by atoms with E-state index in [1.807, 2.05) is 42.5 Å². The summed E-state index contributed by atoms with van der Waals surface area (Å²) in [5, 5.41) is 8.90. The Balaban J connectivity index is 1.45. The summed E-state index contributed by atoms with van der Waals surface area (Å²) in [6.07, 6.45) is 0. The van der Waals surface area contributed by atoms with Crippen LogP contribution >= 0.6 is 0 Å². The average molecular weight is 466 g/mol. The van der Waals surface area contributed by atoms with Gasteiger partial charge in [0.2, 0.25) is 0 Å². The molecule has 0 spiro atoms. The van der Waals surface area contributed by atoms with Crippen LogP contribution in [-0.2, 0) is 4.74 Å². The number of hydrogen-bond donors (Lipinski definition) is 3. The Labute approximate surface area is 202 Å². The van der Waals surface area contributed by atoms with Crippen molar-refractivity contribution >= 4 is 40.5 Å². The second-order valence-electron chi connectivity index (χ2n) is 7.59. The number of carbonyl (C=O) groups excluding carboxylic acids is 3. The first-order valence-electron chi connectivity index (χ1n) is 10.9. The summed E-state index contributed by atoms with van der Waals surface area (Å²) in [7, 11) is 1.28. The van der Waals surface area contributed by atoms with Crippen LogP contribution < -0.4 is 16.0 Å². The van der Waals surface area contributed by atoms with E-state index in [1.54, 1.807) is 54.6 Å². The number of nitrogens with one attached hydrogen (secondary N) is 3. The van der Waals surface area contributed by atoms with Crippen molar-refractivity contribution in [3.63, 3.8) is 0 Å². The normalized spacial score (nSPS) is 10.2. The van der Waals surface area contributed by atoms with Crippen molar-refractivity contribution in [2.75, 3.05) is 23.1 Å². The first kappa shape index (κ1) is 23.3. The first-order chi connectivity index (χ1) is 17.0. The summed E-state index contributed by atoms with van der Waals surface area (Å²) in [5.74, 6) is -1.36. The minimum Gasteiger partial charge on any atom is -0.465 e. The van der Waals surface area contributed by atoms with E-state index in [4.69, 9.17) is 4.74 Å². The molecule has 4 aromatic carbocycles. The van der Waals surface area contributed by atoms with E-state index in [0.717, 1.165) is 11.4 Å². The van der Waals surface area contributed by atoms with Gasteiger partial charge in [-0.1, -0.05) is 36.4 Å². The molecular weight excluding hydrogens is 442 g/mol. The maximum atomic E-state index is 13.0. The summed E-state index contributed by atoms with van der Waals surface area (Å²) in [5.41, 5.74) is 3.64. The Morgan fingerprint density at radius 3 is 1.97 bits per heavy atom. The van der Waals surface area contributed by atoms with Gasteiger partial charge in [0.25, 0.3) is 11.8 Å². The zero-order valence-corrected chi connectivity index (χ0v) is 18.9. The van der Waals surface area contributed by atoms with Gasteiger partial charge in [0.1, 0.15) is 0 Å². The van der Waals surface area contributed by atoms with Crippen LogP contribution in [0.25, 0.3) is 0 Å². The maximum Gasteiger partial charge on any atom is 0.337 e. The number of anilines is 4. The third-order valence-electron chi connectivity index (χ3n) is 5.17. The zero-order chi connectivity index (χ0) is 24.6. The third kappa shape index (κ3) is 5.91. The van der Waals surface area contributed by atoms with Gasteiger partial charge in [-0.15, -0.1) is 0 Å². The Morgan fingerprint density at radius 2 is 1.23 bits per heavy atom. The van der Waals surface area contributed by atoms with Crippen molar-refractivity contribution < 1.29 is 19.1 Å². The highest BCUT2D eigenvalue weighted by Crippen LogP contribution is 2.21. The van der Waals surface area contributed by atoms with Crippen LogP contribution in [0.5, 0.6) is 0 Å². The summed E-state index contributed by atoms with van der Waals surface area (Å²) >= 11 is 0. The van der Waals surface area contributed by atoms with Crippen molar-refractivity contribution in [2.45, 2.75) is 0 Å². The molecule has 4 rings (SSSR count). The SMILES string of the molecule is COC(=O)c1cccc(C(=O)Nc2ccccc2C(=O)Nc2ccc(Nc3ccccc3)cc2)c1. The highest BCUT2D eigenvalue weighted by molar-refractivity contribution is 6.12. The number of amides is 2. The average Bonchev–Trinajstić information content (AvgIpc) is 2.90. The molecule has 3 N–H and O–H groups in total. The van der Waals surface area contributed by atoms with Gasteiger partial charge in [0.05, 0.1) is 23.9 Å². The Bertz CT molecular complexity index is 1350. The van der Waals surface area contributed by atoms with Gasteiger partial charge >= 0.3 is 5.97 Å². The van der Waals surface area contributed by atoms with Crippen molar-refractivity contribution in [1.29, 1.82) is 0 Å². The molecule has 0 unspecified atom stereocenters. The lowest BCUT2D eigenvalue weighted by Gasteiger charge is -2.12. The highest BCUT2D eigenvalue weighted by Gasteiger charge is 2.16. The molecule has 7 nitrogen and oxygen atoms in total. The third-order valence-corrected chi connectivity index (χ3v) is 5.17. The molecule has 174 valence electrons. The number of hydrogen-bond acceptors (Lipinski definition) is 5. The monoisotopic (exact) mass is 465 g/mol. The molecule has 0 aromatic heterocycles. The molecule has 0 fully saturated rings. The van der Waals surface area contributed by atoms with E-state index < -0.39 is 11.9 Å². The number of rotatable bonds is 7. The summed E-state index contributed by atoms with van der Waals surface area (Å²) in [6, 6.07) is 30.0. The largest absolute Gasteiger partial charge is 0.465 e. The predicted molar refractivity (Wildman–Crippen MR) is 136 cm³/mol. The van der Waals surface area contributed by atoms with Gasteiger partial charge in [-0.2, -0.15) is 0 Å². The number of esters is 1. The fraction of sp³-hybridized carbons (Fsp3) is 0.0357. The standard InChI is InChI=1S/C28H23N3O4/c1-35-28(34)20-9-7-8-19(18-20)26(32)31-25-13-6-5-12-24(25)27(33)30-23-16-14-22(15-17-23)29-21-10-3-2-4-11-21/h2-18,29H,1H3,(H,30,33)(H,31,32). The fourth-order valence-corrected chi connectivity index (χ4v) is 3.41. The van der Waals surface area contributed by atoms with Gasteiger partial charge in [-0.3, -0.25) is 9.59 Å². The molecule has 4 aromatic rings. The first-order valence-corrected chi connectivity index (χ1v) is 10.9. The maximum absolute atomic E-state index is 13.0. The van der Waals surface area contributed by atoms with Crippen molar-refractivity contribution in [1.82, 2.24) is 0 Å². The Morgan fingerprint density at radius 1 is 0.600 bits per heavy atom. The van der Waals surface area contributed by atoms with Crippen molar-refractivity contribution in [3.05, 3.63) is 120 Å². The van der Waals surface area contributed by atoms with Gasteiger partial charge in [0, 0.05) is 22.6 Å². The van der Waals surface area contributed by atoms with Crippen LogP contribution in [0.1, 0.15) is 31.1 Å². The molecule has 0 bridgehead atoms. The van der Waals surface area contributed by atoms with Crippen molar-refractivity contribution in [2.24, 2.45) is 0 Å². The number of ether oxygens (including phenoxy) is 1. The highest BCUT2D eigenvalue weighted by atomic mass is 16.5. The number of carbonyl (C=O) groups is 3. The number of para-hydroxylation sites is 2. The van der Waals surface area contributed by atoms with E-state index in [1.165, 1.54) is 13.2 Å². The number of benzene rings is 4. The molecule has 0 aliphatic heterocycles. The van der Waals surface area contributed by atoms with E-state index in [-0.39, 0.29) is 17.0 Å². The van der Waals surface area contributed by atoms with Gasteiger partial charge < -0.3 is 20.7 Å². The van der Waals surface area contributed by atoms with Gasteiger partial charge in [-0.05, 0) is 66.7 Å². The summed E-state index contributed by atoms with van der Waals surface area (Å²) < 4.78 is 4.71. The van der Waals surface area contributed by atoms with Crippen molar-refractivity contribution in [3.8, 4) is 0 Å². The minimum atomic E-state index is -0.538. The smallest absolute Gasteiger partial charge is 0.337 e. The molecular formula is C28H23N3O4. The fourth-order valence-electron chi connectivity index (χ4n) is 3.41. The molecule has 0 atom stereocenters. The topological polar surface area (TPSA) is 96.5 Å². The zero-order valence-electron chi connectivity index (χ0n) is 18.9. The molecule has 35 heavy (non-hydrogen) atoms. The lowest BCUT2D eigenvalue weighted by Crippen LogP contribution is -2.18. The molecule has 0 radical (unpaired) electrons. The molecule has 0 saturated carbocycles. The number of methoxy groups -OCH3 is 1. The summed E-state index contributed by atoms with van der Waals surface area (Å²) in [4.78, 5) is 37.5. The molecule has 0 saturated heterocycles. The molecule has 0 aliphatic carbocycles. The Kier molecular flexibility index (Phi) is 7.18. The summed E-state index contributed by atoms with van der Waals surface area (Å²) in [6.45, 7) is 0. The van der Waals surface area contributed by atoms with Crippen LogP contribution in [-0.4, -0.2) is 24.9 Å². The lowest BCUT2D eigenvalue weighted by molar-refractivity contribution is 0.0600. The van der Waals surface area contributed by atoms with E-state index >= 15 is 0 Å². The molecule has 0 heterocycles. The predicted octanol–water partition coefficient (Wildman–Crippen LogP) is 5.72. The molecule has 0 aliphatic rings. The Hall–Kier alpha value is -4.91. The van der Waals surface area contributed by atoms with Gasteiger partial charge in [-0.25, -0.2) is 4.79 Å². The molecule has 2 amide bonds. The quantitative estimate of drug-likeness (QED) is 0.303. The van der Waals surface area contributed by atoms with E-state index in [2.05, 4.69) is 16.0 Å². The second-order valence-corrected chi connectivity index (χ2v) is 7.59. The van der Waals surface area contributed by atoms with Crippen LogP contribution in [0.15, 0.2) is 103 Å². The lowest BCUT2D eigenvalue weighted by atomic mass is 10.1. The van der Waals surface area contributed by atoms with Gasteiger partial charge in [0.15, 0.2) is 0 Å². The van der Waals surface area contributed by atoms with Crippen LogP contribution in [0.2, 0.25) is 0 Å². The van der Waals surface area contributed by atoms with E-state index in [9.17, 15) is 14.4 Å². The van der Waals surface area contributed by atoms with Crippen LogP contribution in [0, 0.1) is 0 Å². The molecule has 7 heteroatoms.